The van der Waals surface area contributed by atoms with Crippen LogP contribution in [0.3, 0.4) is 0 Å². The molecule has 0 saturated heterocycles. The molecule has 0 radical (unpaired) electrons. The van der Waals surface area contributed by atoms with Gasteiger partial charge in [-0.15, -0.1) is 0 Å². The number of methoxy groups -OCH3 is 1. The summed E-state index contributed by atoms with van der Waals surface area (Å²) in [6.45, 7) is 4.20. The van der Waals surface area contributed by atoms with Gasteiger partial charge >= 0.3 is 0 Å². The van der Waals surface area contributed by atoms with Gasteiger partial charge in [0.25, 0.3) is 0 Å². The number of rotatable bonds is 2. The highest BCUT2D eigenvalue weighted by molar-refractivity contribution is 5.52. The second-order valence-corrected chi connectivity index (χ2v) is 5.27. The highest BCUT2D eigenvalue weighted by Gasteiger charge is 2.48. The first-order valence-corrected chi connectivity index (χ1v) is 6.55. The van der Waals surface area contributed by atoms with Crippen molar-refractivity contribution in [2.24, 2.45) is 11.8 Å². The molecule has 20 heavy (non-hydrogen) atoms. The van der Waals surface area contributed by atoms with E-state index in [0.29, 0.717) is 11.1 Å². The van der Waals surface area contributed by atoms with E-state index in [1.807, 2.05) is 6.07 Å². The Morgan fingerprint density at radius 3 is 2.60 bits per heavy atom. The average Bonchev–Trinajstić information content (AvgIpc) is 3.01. The summed E-state index contributed by atoms with van der Waals surface area (Å²) in [5.41, 5.74) is 3.17. The summed E-state index contributed by atoms with van der Waals surface area (Å²) in [5, 5.41) is 18.4. The summed E-state index contributed by atoms with van der Waals surface area (Å²) in [4.78, 5) is 0. The third kappa shape index (κ3) is 1.61. The van der Waals surface area contributed by atoms with Crippen LogP contribution in [0.5, 0.6) is 0 Å². The molecule has 1 saturated carbocycles. The Kier molecular flexibility index (Phi) is 2.93. The Morgan fingerprint density at radius 1 is 1.20 bits per heavy atom. The molecule has 3 rings (SSSR count). The van der Waals surface area contributed by atoms with Crippen LogP contribution >= 0.6 is 0 Å². The van der Waals surface area contributed by atoms with Crippen molar-refractivity contribution in [2.75, 3.05) is 7.11 Å². The summed E-state index contributed by atoms with van der Waals surface area (Å²) in [6.07, 6.45) is 4.39. The van der Waals surface area contributed by atoms with E-state index < -0.39 is 0 Å². The number of ether oxygens (including phenoxy) is 1. The summed E-state index contributed by atoms with van der Waals surface area (Å²) in [7, 11) is 1.71. The van der Waals surface area contributed by atoms with Crippen LogP contribution in [-0.2, 0) is 4.74 Å². The predicted octanol–water partition coefficient (Wildman–Crippen LogP) is 2.90. The molecule has 4 atom stereocenters. The standard InChI is InChI=1S/C17H14N2O/c1-10-13-5-6-14(17(13)20-2)16(10)15-7-11(8-18)3-4-12(15)9-19/h3-7,13-14,16-17H,1H2,2H3/t13-,14+,16-,17-/m1/s1. The van der Waals surface area contributed by atoms with Crippen molar-refractivity contribution in [2.45, 2.75) is 12.0 Å². The van der Waals surface area contributed by atoms with Crippen molar-refractivity contribution in [3.05, 3.63) is 59.2 Å². The van der Waals surface area contributed by atoms with E-state index in [1.165, 1.54) is 0 Å². The molecule has 1 fully saturated rings. The predicted molar refractivity (Wildman–Crippen MR) is 74.7 cm³/mol. The Morgan fingerprint density at radius 2 is 2.00 bits per heavy atom. The fraction of sp³-hybridized carbons (Fsp3) is 0.294. The van der Waals surface area contributed by atoms with Crippen LogP contribution < -0.4 is 0 Å². The van der Waals surface area contributed by atoms with E-state index in [0.717, 1.165) is 11.1 Å². The quantitative estimate of drug-likeness (QED) is 0.770. The van der Waals surface area contributed by atoms with E-state index in [2.05, 4.69) is 30.9 Å². The van der Waals surface area contributed by atoms with Crippen LogP contribution in [0.25, 0.3) is 0 Å². The third-order valence-corrected chi connectivity index (χ3v) is 4.39. The zero-order valence-electron chi connectivity index (χ0n) is 11.2. The molecule has 0 spiro atoms. The molecule has 0 aliphatic heterocycles. The van der Waals surface area contributed by atoms with Crippen molar-refractivity contribution < 1.29 is 4.74 Å². The maximum atomic E-state index is 9.31. The minimum absolute atomic E-state index is 0.0675. The first kappa shape index (κ1) is 12.7. The lowest BCUT2D eigenvalue weighted by atomic mass is 9.81. The summed E-state index contributed by atoms with van der Waals surface area (Å²) in [5.74, 6) is 0.490. The molecule has 2 bridgehead atoms. The molecule has 0 aromatic heterocycles. The maximum Gasteiger partial charge on any atom is 0.0994 e. The van der Waals surface area contributed by atoms with Gasteiger partial charge in [0, 0.05) is 24.9 Å². The van der Waals surface area contributed by atoms with Gasteiger partial charge in [-0.1, -0.05) is 24.3 Å². The minimum Gasteiger partial charge on any atom is -0.380 e. The lowest BCUT2D eigenvalue weighted by Gasteiger charge is -2.22. The summed E-state index contributed by atoms with van der Waals surface area (Å²) in [6, 6.07) is 9.58. The second-order valence-electron chi connectivity index (χ2n) is 5.27. The molecule has 2 aliphatic carbocycles. The second kappa shape index (κ2) is 4.63. The molecular formula is C17H14N2O. The number of hydrogen-bond acceptors (Lipinski definition) is 3. The molecule has 3 nitrogen and oxygen atoms in total. The molecule has 0 heterocycles. The average molecular weight is 262 g/mol. The minimum atomic E-state index is 0.0675. The smallest absolute Gasteiger partial charge is 0.0994 e. The monoisotopic (exact) mass is 262 g/mol. The lowest BCUT2D eigenvalue weighted by Crippen LogP contribution is -2.18. The summed E-state index contributed by atoms with van der Waals surface area (Å²) >= 11 is 0. The van der Waals surface area contributed by atoms with Crippen LogP contribution in [0.15, 0.2) is 42.5 Å². The van der Waals surface area contributed by atoms with Crippen LogP contribution in [0, 0.1) is 34.5 Å². The maximum absolute atomic E-state index is 9.31. The number of fused-ring (bicyclic) bond motifs is 2. The zero-order valence-corrected chi connectivity index (χ0v) is 11.2. The zero-order chi connectivity index (χ0) is 14.3. The van der Waals surface area contributed by atoms with Gasteiger partial charge in [-0.3, -0.25) is 0 Å². The first-order chi connectivity index (χ1) is 9.71. The van der Waals surface area contributed by atoms with Crippen molar-refractivity contribution in [3.8, 4) is 12.1 Å². The number of nitrogens with zero attached hydrogens (tertiary/aromatic N) is 2. The van der Waals surface area contributed by atoms with Gasteiger partial charge in [-0.25, -0.2) is 0 Å². The van der Waals surface area contributed by atoms with Gasteiger partial charge < -0.3 is 4.74 Å². The van der Waals surface area contributed by atoms with Gasteiger partial charge in [-0.2, -0.15) is 10.5 Å². The fourth-order valence-corrected chi connectivity index (χ4v) is 3.50. The van der Waals surface area contributed by atoms with Gasteiger partial charge in [0.15, 0.2) is 0 Å². The Bertz CT molecular complexity index is 690. The molecule has 2 aliphatic rings. The van der Waals surface area contributed by atoms with Crippen molar-refractivity contribution >= 4 is 0 Å². The van der Waals surface area contributed by atoms with E-state index in [1.54, 1.807) is 19.2 Å². The van der Waals surface area contributed by atoms with Crippen LogP contribution in [0.1, 0.15) is 22.6 Å². The van der Waals surface area contributed by atoms with E-state index >= 15 is 0 Å². The molecule has 0 amide bonds. The highest BCUT2D eigenvalue weighted by atomic mass is 16.5. The van der Waals surface area contributed by atoms with Crippen molar-refractivity contribution in [3.63, 3.8) is 0 Å². The Labute approximate surface area is 118 Å². The van der Waals surface area contributed by atoms with Gasteiger partial charge in [0.05, 0.1) is 29.4 Å². The Hall–Kier alpha value is -2.36. The number of benzene rings is 1. The van der Waals surface area contributed by atoms with Crippen LogP contribution in [0.4, 0.5) is 0 Å². The van der Waals surface area contributed by atoms with Gasteiger partial charge in [0.1, 0.15) is 0 Å². The molecule has 98 valence electrons. The first-order valence-electron chi connectivity index (χ1n) is 6.55. The molecule has 1 aromatic carbocycles. The molecule has 3 heteroatoms. The fourth-order valence-electron chi connectivity index (χ4n) is 3.50. The largest absolute Gasteiger partial charge is 0.380 e. The number of hydrogen-bond donors (Lipinski definition) is 0. The SMILES string of the molecule is C=C1[C@H]2C=C[C@H]([C@@H]2OC)[C@@H]1c1cc(C#N)ccc1C#N. The Balaban J connectivity index is 2.11. The number of nitriles is 2. The van der Waals surface area contributed by atoms with Crippen molar-refractivity contribution in [1.29, 1.82) is 10.5 Å². The molecule has 0 N–H and O–H groups in total. The topological polar surface area (TPSA) is 56.8 Å². The van der Waals surface area contributed by atoms with Crippen molar-refractivity contribution in [1.82, 2.24) is 0 Å². The molecule has 1 aromatic rings. The summed E-state index contributed by atoms with van der Waals surface area (Å²) < 4.78 is 5.58. The van der Waals surface area contributed by atoms with Crippen LogP contribution in [-0.4, -0.2) is 13.2 Å². The van der Waals surface area contributed by atoms with E-state index in [9.17, 15) is 5.26 Å². The molecule has 0 unspecified atom stereocenters. The van der Waals surface area contributed by atoms with Crippen LogP contribution in [0.2, 0.25) is 0 Å². The van der Waals surface area contributed by atoms with E-state index in [-0.39, 0.29) is 23.9 Å². The lowest BCUT2D eigenvalue weighted by molar-refractivity contribution is 0.0740. The van der Waals surface area contributed by atoms with Gasteiger partial charge in [0.2, 0.25) is 0 Å². The highest BCUT2D eigenvalue weighted by Crippen LogP contribution is 2.53. The van der Waals surface area contributed by atoms with Gasteiger partial charge in [-0.05, 0) is 23.8 Å². The third-order valence-electron chi connectivity index (χ3n) is 4.39. The van der Waals surface area contributed by atoms with E-state index in [4.69, 9.17) is 10.00 Å². The molecular weight excluding hydrogens is 248 g/mol. The normalized spacial score (nSPS) is 30.2.